The lowest BCUT2D eigenvalue weighted by Gasteiger charge is -2.41. The molecular formula is C25H26F5N7O2. The van der Waals surface area contributed by atoms with E-state index in [-0.39, 0.29) is 41.4 Å². The molecule has 3 aromatic rings. The summed E-state index contributed by atoms with van der Waals surface area (Å²) in [6, 6.07) is 0.238. The molecule has 2 aromatic heterocycles. The zero-order chi connectivity index (χ0) is 27.8. The summed E-state index contributed by atoms with van der Waals surface area (Å²) in [7, 11) is 0. The van der Waals surface area contributed by atoms with E-state index in [1.165, 1.54) is 0 Å². The molecule has 0 saturated carbocycles. The molecule has 39 heavy (non-hydrogen) atoms. The predicted octanol–water partition coefficient (Wildman–Crippen LogP) is 3.01. The average molecular weight is 552 g/mol. The number of aliphatic hydroxyl groups is 1. The topological polar surface area (TPSA) is 113 Å². The van der Waals surface area contributed by atoms with Crippen molar-refractivity contribution in [3.8, 4) is 17.1 Å². The average Bonchev–Trinajstić information content (AvgIpc) is 2.98. The number of anilines is 3. The van der Waals surface area contributed by atoms with Gasteiger partial charge in [0.1, 0.15) is 34.3 Å². The number of ether oxygens (including phenoxy) is 1. The number of piperazine rings is 1. The van der Waals surface area contributed by atoms with Crippen LogP contribution in [-0.2, 0) is 6.18 Å². The SMILES string of the molecule is Cc1c(F)c(N)cc(-c2nc3c4c(nc(N5CC[C@H]5CO)nc4c2F)N2CCNC[C@H]2[C@H](C)O3)c1C(F)(F)F. The lowest BCUT2D eigenvalue weighted by Crippen LogP contribution is -2.57. The molecule has 2 fully saturated rings. The second kappa shape index (κ2) is 9.01. The maximum Gasteiger partial charge on any atom is 0.417 e. The van der Waals surface area contributed by atoms with Crippen molar-refractivity contribution in [1.82, 2.24) is 20.3 Å². The third kappa shape index (κ3) is 3.91. The van der Waals surface area contributed by atoms with Crippen LogP contribution in [0.4, 0.5) is 39.4 Å². The van der Waals surface area contributed by atoms with Gasteiger partial charge < -0.3 is 30.7 Å². The van der Waals surface area contributed by atoms with Gasteiger partial charge >= 0.3 is 6.18 Å². The Labute approximate surface area is 219 Å². The van der Waals surface area contributed by atoms with Crippen molar-refractivity contribution in [1.29, 1.82) is 0 Å². The smallest absolute Gasteiger partial charge is 0.417 e. The minimum atomic E-state index is -5.03. The second-order valence-corrected chi connectivity index (χ2v) is 10.1. The molecule has 2 saturated heterocycles. The summed E-state index contributed by atoms with van der Waals surface area (Å²) in [6.07, 6.45) is -4.84. The zero-order valence-corrected chi connectivity index (χ0v) is 21.1. The van der Waals surface area contributed by atoms with E-state index >= 15 is 4.39 Å². The largest absolute Gasteiger partial charge is 0.472 e. The highest BCUT2D eigenvalue weighted by Gasteiger charge is 2.42. The van der Waals surface area contributed by atoms with Crippen molar-refractivity contribution in [2.75, 3.05) is 48.3 Å². The summed E-state index contributed by atoms with van der Waals surface area (Å²) in [5.74, 6) is -2.00. The molecule has 14 heteroatoms. The Morgan fingerprint density at radius 2 is 1.92 bits per heavy atom. The first-order valence-electron chi connectivity index (χ1n) is 12.6. The summed E-state index contributed by atoms with van der Waals surface area (Å²) in [4.78, 5) is 17.1. The number of aromatic nitrogens is 3. The number of nitrogens with two attached hydrogens (primary N) is 1. The summed E-state index contributed by atoms with van der Waals surface area (Å²) in [5, 5.41) is 13.2. The number of hydrogen-bond acceptors (Lipinski definition) is 9. The first-order valence-corrected chi connectivity index (χ1v) is 12.6. The molecule has 1 aromatic carbocycles. The van der Waals surface area contributed by atoms with Gasteiger partial charge in [-0.05, 0) is 31.9 Å². The molecule has 0 aliphatic carbocycles. The number of nitrogens with one attached hydrogen (secondary N) is 1. The molecule has 5 heterocycles. The minimum absolute atomic E-state index is 0.124. The van der Waals surface area contributed by atoms with E-state index in [1.54, 1.807) is 11.8 Å². The maximum absolute atomic E-state index is 16.4. The van der Waals surface area contributed by atoms with E-state index in [2.05, 4.69) is 15.3 Å². The van der Waals surface area contributed by atoms with Crippen LogP contribution >= 0.6 is 0 Å². The van der Waals surface area contributed by atoms with Gasteiger partial charge in [-0.25, -0.2) is 18.7 Å². The molecule has 0 bridgehead atoms. The number of nitrogen functional groups attached to an aromatic ring is 1. The maximum atomic E-state index is 16.4. The van der Waals surface area contributed by atoms with Crippen LogP contribution in [0.3, 0.4) is 0 Å². The third-order valence-electron chi connectivity index (χ3n) is 7.79. The Bertz CT molecular complexity index is 1480. The molecule has 6 rings (SSSR count). The van der Waals surface area contributed by atoms with Crippen molar-refractivity contribution in [3.63, 3.8) is 0 Å². The van der Waals surface area contributed by atoms with Crippen LogP contribution in [0, 0.1) is 18.6 Å². The molecule has 0 unspecified atom stereocenters. The van der Waals surface area contributed by atoms with E-state index in [0.717, 1.165) is 13.0 Å². The Morgan fingerprint density at radius 1 is 1.15 bits per heavy atom. The van der Waals surface area contributed by atoms with Crippen molar-refractivity contribution >= 4 is 28.4 Å². The summed E-state index contributed by atoms with van der Waals surface area (Å²) >= 11 is 0. The zero-order valence-electron chi connectivity index (χ0n) is 21.1. The van der Waals surface area contributed by atoms with Gasteiger partial charge in [0.25, 0.3) is 0 Å². The first kappa shape index (κ1) is 25.7. The molecule has 0 radical (unpaired) electrons. The van der Waals surface area contributed by atoms with Gasteiger partial charge in [0, 0.05) is 31.7 Å². The molecule has 3 aliphatic heterocycles. The van der Waals surface area contributed by atoms with Crippen LogP contribution in [-0.4, -0.2) is 71.0 Å². The Kier molecular flexibility index (Phi) is 5.95. The normalized spacial score (nSPS) is 22.8. The van der Waals surface area contributed by atoms with Crippen molar-refractivity contribution in [2.45, 2.75) is 44.6 Å². The van der Waals surface area contributed by atoms with Crippen molar-refractivity contribution < 1.29 is 31.8 Å². The van der Waals surface area contributed by atoms with Gasteiger partial charge in [0.15, 0.2) is 5.82 Å². The van der Waals surface area contributed by atoms with Crippen molar-refractivity contribution in [2.24, 2.45) is 0 Å². The monoisotopic (exact) mass is 551 g/mol. The molecule has 0 amide bonds. The lowest BCUT2D eigenvalue weighted by molar-refractivity contribution is -0.137. The summed E-state index contributed by atoms with van der Waals surface area (Å²) < 4.78 is 79.6. The van der Waals surface area contributed by atoms with Crippen LogP contribution < -0.4 is 25.6 Å². The summed E-state index contributed by atoms with van der Waals surface area (Å²) in [5.41, 5.74) is 1.27. The van der Waals surface area contributed by atoms with Crippen LogP contribution in [0.2, 0.25) is 0 Å². The van der Waals surface area contributed by atoms with Gasteiger partial charge in [-0.1, -0.05) is 0 Å². The second-order valence-electron chi connectivity index (χ2n) is 10.1. The Balaban J connectivity index is 1.68. The van der Waals surface area contributed by atoms with Gasteiger partial charge in [0.2, 0.25) is 11.8 Å². The molecule has 3 atom stereocenters. The lowest BCUT2D eigenvalue weighted by atomic mass is 9.96. The highest BCUT2D eigenvalue weighted by atomic mass is 19.4. The van der Waals surface area contributed by atoms with Gasteiger partial charge in [0.05, 0.1) is 29.9 Å². The van der Waals surface area contributed by atoms with E-state index in [9.17, 15) is 22.7 Å². The number of aliphatic hydroxyl groups excluding tert-OH is 1. The highest BCUT2D eigenvalue weighted by Crippen LogP contribution is 2.46. The molecular weight excluding hydrogens is 525 g/mol. The van der Waals surface area contributed by atoms with E-state index in [1.807, 2.05) is 4.90 Å². The fourth-order valence-corrected chi connectivity index (χ4v) is 5.64. The quantitative estimate of drug-likeness (QED) is 0.334. The number of alkyl halides is 3. The van der Waals surface area contributed by atoms with E-state index in [4.69, 9.17) is 15.5 Å². The molecule has 4 N–H and O–H groups in total. The fraction of sp³-hybridized carbons (Fsp3) is 0.480. The molecule has 9 nitrogen and oxygen atoms in total. The van der Waals surface area contributed by atoms with Crippen LogP contribution in [0.1, 0.15) is 24.5 Å². The predicted molar refractivity (Wildman–Crippen MR) is 134 cm³/mol. The number of nitrogens with zero attached hydrogens (tertiary/aromatic N) is 5. The number of hydrogen-bond donors (Lipinski definition) is 3. The number of pyridine rings is 1. The van der Waals surface area contributed by atoms with E-state index in [0.29, 0.717) is 38.4 Å². The number of fused-ring (bicyclic) bond motifs is 2. The Hall–Kier alpha value is -3.52. The molecule has 208 valence electrons. The van der Waals surface area contributed by atoms with E-state index < -0.39 is 52.0 Å². The minimum Gasteiger partial charge on any atom is -0.472 e. The first-order chi connectivity index (χ1) is 18.5. The van der Waals surface area contributed by atoms with Gasteiger partial charge in [-0.2, -0.15) is 18.2 Å². The van der Waals surface area contributed by atoms with Gasteiger partial charge in [-0.15, -0.1) is 0 Å². The fourth-order valence-electron chi connectivity index (χ4n) is 5.64. The van der Waals surface area contributed by atoms with Crippen molar-refractivity contribution in [3.05, 3.63) is 28.8 Å². The number of benzene rings is 1. The Morgan fingerprint density at radius 3 is 2.59 bits per heavy atom. The number of rotatable bonds is 3. The van der Waals surface area contributed by atoms with Crippen LogP contribution in [0.5, 0.6) is 5.88 Å². The third-order valence-corrected chi connectivity index (χ3v) is 7.79. The van der Waals surface area contributed by atoms with Crippen LogP contribution in [0.15, 0.2) is 6.07 Å². The highest BCUT2D eigenvalue weighted by molar-refractivity contribution is 5.98. The molecule has 0 spiro atoms. The summed E-state index contributed by atoms with van der Waals surface area (Å²) in [6.45, 7) is 4.76. The van der Waals surface area contributed by atoms with Gasteiger partial charge in [-0.3, -0.25) is 0 Å². The standard InChI is InChI=1S/C25H26F5N7O2/c1-10-17(25(28,29)30)13(7-14(31)18(10)26)20-19(27)21-16-22(35-24(34-21)36-5-3-12(36)9-38)37-6-4-32-8-15(37)11(2)39-23(16)33-20/h7,11-12,15,32,38H,3-6,8-9,31H2,1-2H3/t11-,12-,15-/m0/s1. The number of halogens is 5. The van der Waals surface area contributed by atoms with Crippen LogP contribution in [0.25, 0.3) is 22.2 Å². The molecule has 3 aliphatic rings.